The number of ether oxygens (including phenoxy) is 2. The number of fused-ring (bicyclic) bond motifs is 1. The minimum Gasteiger partial charge on any atom is -0.347 e. The van der Waals surface area contributed by atoms with Gasteiger partial charge in [0.05, 0.1) is 18.7 Å². The van der Waals surface area contributed by atoms with Gasteiger partial charge in [0.1, 0.15) is 0 Å². The Morgan fingerprint density at radius 1 is 1.05 bits per heavy atom. The van der Waals surface area contributed by atoms with Crippen LogP contribution < -0.4 is 0 Å². The highest BCUT2D eigenvalue weighted by atomic mass is 16.7. The Labute approximate surface area is 118 Å². The molecule has 0 N–H and O–H groups in total. The predicted molar refractivity (Wildman–Crippen MR) is 78.2 cm³/mol. The van der Waals surface area contributed by atoms with Gasteiger partial charge in [-0.2, -0.15) is 0 Å². The Kier molecular flexibility index (Phi) is 2.83. The van der Waals surface area contributed by atoms with Gasteiger partial charge in [0.15, 0.2) is 5.79 Å². The predicted octanol–water partition coefficient (Wildman–Crippen LogP) is 3.55. The number of allylic oxidation sites excluding steroid dienone is 1. The van der Waals surface area contributed by atoms with E-state index in [2.05, 4.69) is 35.3 Å². The zero-order valence-corrected chi connectivity index (χ0v) is 11.3. The number of pyridine rings is 1. The molecule has 0 amide bonds. The number of hydrogen-bond donors (Lipinski definition) is 0. The second-order valence-corrected chi connectivity index (χ2v) is 5.42. The molecular weight excluding hydrogens is 250 g/mol. The first kappa shape index (κ1) is 12.1. The molecule has 1 fully saturated rings. The van der Waals surface area contributed by atoms with Crippen molar-refractivity contribution in [1.82, 2.24) is 4.98 Å². The smallest absolute Gasteiger partial charge is 0.172 e. The molecule has 1 aromatic heterocycles. The summed E-state index contributed by atoms with van der Waals surface area (Å²) < 4.78 is 11.5. The second kappa shape index (κ2) is 4.69. The molecule has 2 heterocycles. The van der Waals surface area contributed by atoms with Crippen molar-refractivity contribution in [2.45, 2.75) is 25.0 Å². The van der Waals surface area contributed by atoms with Crippen LogP contribution >= 0.6 is 0 Å². The van der Waals surface area contributed by atoms with E-state index in [1.807, 2.05) is 12.3 Å². The Hall–Kier alpha value is -1.71. The molecule has 3 heteroatoms. The lowest BCUT2D eigenvalue weighted by molar-refractivity contribution is -0.159. The molecule has 20 heavy (non-hydrogen) atoms. The van der Waals surface area contributed by atoms with E-state index in [1.165, 1.54) is 16.5 Å². The molecule has 0 saturated carbocycles. The third-order valence-corrected chi connectivity index (χ3v) is 4.24. The average Bonchev–Trinajstić information content (AvgIpc) is 2.96. The third kappa shape index (κ3) is 1.94. The number of nitrogens with zero attached hydrogens (tertiary/aromatic N) is 1. The molecule has 1 aliphatic heterocycles. The highest BCUT2D eigenvalue weighted by Gasteiger charge is 2.37. The van der Waals surface area contributed by atoms with Crippen molar-refractivity contribution < 1.29 is 9.47 Å². The van der Waals surface area contributed by atoms with Crippen LogP contribution in [0.5, 0.6) is 0 Å². The molecule has 4 rings (SSSR count). The summed E-state index contributed by atoms with van der Waals surface area (Å²) in [4.78, 5) is 4.43. The summed E-state index contributed by atoms with van der Waals surface area (Å²) in [6.45, 7) is 1.45. The summed E-state index contributed by atoms with van der Waals surface area (Å²) in [6.07, 6.45) is 6.90. The molecule has 1 spiro atoms. The van der Waals surface area contributed by atoms with Crippen LogP contribution in [-0.2, 0) is 9.47 Å². The van der Waals surface area contributed by atoms with Crippen LogP contribution in [0.4, 0.5) is 0 Å². The number of aromatic nitrogens is 1. The summed E-state index contributed by atoms with van der Waals surface area (Å²) in [5, 5.41) is 1.23. The maximum atomic E-state index is 5.77. The maximum absolute atomic E-state index is 5.77. The van der Waals surface area contributed by atoms with Gasteiger partial charge in [0.25, 0.3) is 0 Å². The van der Waals surface area contributed by atoms with Crippen LogP contribution in [0, 0.1) is 0 Å². The molecule has 2 aliphatic rings. The van der Waals surface area contributed by atoms with Gasteiger partial charge < -0.3 is 9.47 Å². The van der Waals surface area contributed by atoms with Crippen molar-refractivity contribution in [3.63, 3.8) is 0 Å². The molecule has 2 aromatic rings. The Morgan fingerprint density at radius 3 is 2.75 bits per heavy atom. The summed E-state index contributed by atoms with van der Waals surface area (Å²) in [6, 6.07) is 10.5. The summed E-state index contributed by atoms with van der Waals surface area (Å²) in [5.74, 6) is -0.341. The van der Waals surface area contributed by atoms with E-state index in [0.717, 1.165) is 38.0 Å². The molecule has 102 valence electrons. The minimum atomic E-state index is -0.341. The molecule has 3 nitrogen and oxygen atoms in total. The van der Waals surface area contributed by atoms with Gasteiger partial charge in [-0.05, 0) is 29.7 Å². The van der Waals surface area contributed by atoms with Crippen LogP contribution in [0.1, 0.15) is 24.8 Å². The first-order chi connectivity index (χ1) is 9.86. The van der Waals surface area contributed by atoms with Gasteiger partial charge >= 0.3 is 0 Å². The van der Waals surface area contributed by atoms with Crippen LogP contribution in [0.15, 0.2) is 42.6 Å². The van der Waals surface area contributed by atoms with E-state index in [1.54, 1.807) is 0 Å². The van der Waals surface area contributed by atoms with Gasteiger partial charge in [0.2, 0.25) is 0 Å². The molecule has 0 unspecified atom stereocenters. The number of hydrogen-bond acceptors (Lipinski definition) is 3. The van der Waals surface area contributed by atoms with Crippen LogP contribution in [0.2, 0.25) is 0 Å². The van der Waals surface area contributed by atoms with E-state index in [9.17, 15) is 0 Å². The summed E-state index contributed by atoms with van der Waals surface area (Å²) in [5.41, 5.74) is 3.73. The van der Waals surface area contributed by atoms with Gasteiger partial charge in [-0.3, -0.25) is 4.98 Å². The van der Waals surface area contributed by atoms with E-state index < -0.39 is 0 Å². The lowest BCUT2D eigenvalue weighted by atomic mass is 9.88. The molecule has 1 aliphatic carbocycles. The van der Waals surface area contributed by atoms with Crippen molar-refractivity contribution >= 4 is 16.5 Å². The van der Waals surface area contributed by atoms with Crippen molar-refractivity contribution in [3.05, 3.63) is 48.2 Å². The normalized spacial score (nSPS) is 21.3. The monoisotopic (exact) mass is 267 g/mol. The first-order valence-corrected chi connectivity index (χ1v) is 7.17. The second-order valence-electron chi connectivity index (χ2n) is 5.42. The molecule has 0 bridgehead atoms. The van der Waals surface area contributed by atoms with Gasteiger partial charge in [-0.1, -0.05) is 24.3 Å². The lowest BCUT2D eigenvalue weighted by Crippen LogP contribution is -2.31. The average molecular weight is 267 g/mol. The van der Waals surface area contributed by atoms with Gasteiger partial charge in [-0.15, -0.1) is 0 Å². The van der Waals surface area contributed by atoms with Crippen molar-refractivity contribution in [3.8, 4) is 0 Å². The van der Waals surface area contributed by atoms with Crippen molar-refractivity contribution in [2.24, 2.45) is 0 Å². The summed E-state index contributed by atoms with van der Waals surface area (Å²) >= 11 is 0. The zero-order valence-electron chi connectivity index (χ0n) is 11.3. The largest absolute Gasteiger partial charge is 0.347 e. The standard InChI is InChI=1S/C17H17NO2/c1-3-14(15-4-2-10-18-16(15)5-1)13-6-8-17(9-7-13)19-11-12-20-17/h1-6,10H,7-9,11-12H2. The van der Waals surface area contributed by atoms with Crippen molar-refractivity contribution in [2.75, 3.05) is 13.2 Å². The Balaban J connectivity index is 1.72. The van der Waals surface area contributed by atoms with Gasteiger partial charge in [-0.25, -0.2) is 0 Å². The highest BCUT2D eigenvalue weighted by Crippen LogP contribution is 2.39. The Morgan fingerprint density at radius 2 is 1.95 bits per heavy atom. The highest BCUT2D eigenvalue weighted by molar-refractivity contribution is 5.91. The molecular formula is C17H17NO2. The van der Waals surface area contributed by atoms with Crippen molar-refractivity contribution in [1.29, 1.82) is 0 Å². The fraction of sp³-hybridized carbons (Fsp3) is 0.353. The number of rotatable bonds is 1. The van der Waals surface area contributed by atoms with Crippen LogP contribution in [0.3, 0.4) is 0 Å². The Bertz CT molecular complexity index is 666. The third-order valence-electron chi connectivity index (χ3n) is 4.24. The fourth-order valence-electron chi connectivity index (χ4n) is 3.20. The summed E-state index contributed by atoms with van der Waals surface area (Å²) in [7, 11) is 0. The lowest BCUT2D eigenvalue weighted by Gasteiger charge is -2.31. The van der Waals surface area contributed by atoms with E-state index in [0.29, 0.717) is 0 Å². The van der Waals surface area contributed by atoms with E-state index in [-0.39, 0.29) is 5.79 Å². The molecule has 1 aromatic carbocycles. The SMILES string of the molecule is C1=C(c2cccc3ncccc23)CCC2(C1)OCCO2. The number of benzene rings is 1. The van der Waals surface area contributed by atoms with E-state index in [4.69, 9.17) is 9.47 Å². The molecule has 0 radical (unpaired) electrons. The zero-order chi connectivity index (χ0) is 13.4. The fourth-order valence-corrected chi connectivity index (χ4v) is 3.20. The molecule has 0 atom stereocenters. The molecule has 1 saturated heterocycles. The topological polar surface area (TPSA) is 31.4 Å². The minimum absolute atomic E-state index is 0.341. The first-order valence-electron chi connectivity index (χ1n) is 7.17. The van der Waals surface area contributed by atoms with E-state index >= 15 is 0 Å². The van der Waals surface area contributed by atoms with Crippen LogP contribution in [-0.4, -0.2) is 24.0 Å². The maximum Gasteiger partial charge on any atom is 0.172 e. The van der Waals surface area contributed by atoms with Gasteiger partial charge in [0, 0.05) is 24.4 Å². The van der Waals surface area contributed by atoms with Crippen LogP contribution in [0.25, 0.3) is 16.5 Å². The quantitative estimate of drug-likeness (QED) is 0.792.